The largest absolute Gasteiger partial charge is 0.507 e. The van der Waals surface area contributed by atoms with E-state index in [-0.39, 0.29) is 21.1 Å². The number of nitrogens with zero attached hydrogens (tertiary/aromatic N) is 2. The van der Waals surface area contributed by atoms with Gasteiger partial charge in [-0.05, 0) is 42.6 Å². The number of aliphatic hydroxyl groups is 1. The van der Waals surface area contributed by atoms with Gasteiger partial charge in [-0.2, -0.15) is 0 Å². The molecule has 31 heavy (non-hydrogen) atoms. The number of halogens is 1. The number of ether oxygens (including phenoxy) is 1. The Bertz CT molecular complexity index is 1220. The predicted octanol–water partition coefficient (Wildman–Crippen LogP) is 4.07. The number of anilines is 1. The first kappa shape index (κ1) is 20.9. The number of aryl methyl sites for hydroxylation is 1. The molecule has 3 aromatic rings. The highest BCUT2D eigenvalue weighted by atomic mass is 32.1. The van der Waals surface area contributed by atoms with Crippen LogP contribution in [0.4, 0.5) is 9.52 Å². The van der Waals surface area contributed by atoms with Crippen molar-refractivity contribution in [3.05, 3.63) is 74.2 Å². The topological polar surface area (TPSA) is 96.8 Å². The van der Waals surface area contributed by atoms with Crippen molar-refractivity contribution in [2.45, 2.75) is 13.0 Å². The SMILES string of the molecule is COC(=O)c1sc(N2C(=O)C(=O)/C(=C(/O)c3ccc(F)cc3)[C@H]2c2cccs2)nc1C. The first-order chi connectivity index (χ1) is 14.8. The molecule has 7 nitrogen and oxygen atoms in total. The van der Waals surface area contributed by atoms with Gasteiger partial charge in [-0.3, -0.25) is 14.5 Å². The molecule has 1 N–H and O–H groups in total. The minimum atomic E-state index is -0.943. The number of carbonyl (C=O) groups excluding carboxylic acids is 3. The Morgan fingerprint density at radius 1 is 1.23 bits per heavy atom. The van der Waals surface area contributed by atoms with Gasteiger partial charge in [0.1, 0.15) is 22.5 Å². The third-order valence-corrected chi connectivity index (χ3v) is 6.80. The first-order valence-corrected chi connectivity index (χ1v) is 10.7. The summed E-state index contributed by atoms with van der Waals surface area (Å²) in [5.41, 5.74) is 0.426. The van der Waals surface area contributed by atoms with Crippen LogP contribution in [0.5, 0.6) is 0 Å². The maximum Gasteiger partial charge on any atom is 0.350 e. The number of benzene rings is 1. The molecule has 1 aliphatic rings. The van der Waals surface area contributed by atoms with Gasteiger partial charge >= 0.3 is 11.9 Å². The molecule has 1 amide bonds. The predicted molar refractivity (Wildman–Crippen MR) is 114 cm³/mol. The summed E-state index contributed by atoms with van der Waals surface area (Å²) >= 11 is 2.22. The highest BCUT2D eigenvalue weighted by Crippen LogP contribution is 2.45. The number of aliphatic hydroxyl groups excluding tert-OH is 1. The summed E-state index contributed by atoms with van der Waals surface area (Å²) < 4.78 is 18.1. The Balaban J connectivity index is 1.90. The van der Waals surface area contributed by atoms with Gasteiger partial charge in [0.25, 0.3) is 5.78 Å². The summed E-state index contributed by atoms with van der Waals surface area (Å²) in [6.07, 6.45) is 0. The Kier molecular flexibility index (Phi) is 5.42. The molecule has 0 saturated carbocycles. The van der Waals surface area contributed by atoms with Crippen molar-refractivity contribution in [3.8, 4) is 0 Å². The third kappa shape index (κ3) is 3.53. The maximum atomic E-state index is 13.3. The lowest BCUT2D eigenvalue weighted by molar-refractivity contribution is -0.132. The molecular formula is C21H15FN2O5S2. The molecule has 0 aliphatic carbocycles. The summed E-state index contributed by atoms with van der Waals surface area (Å²) in [5, 5.41) is 12.8. The number of hydrogen-bond donors (Lipinski definition) is 1. The van der Waals surface area contributed by atoms with Crippen molar-refractivity contribution < 1.29 is 28.6 Å². The second-order valence-corrected chi connectivity index (χ2v) is 8.55. The van der Waals surface area contributed by atoms with Gasteiger partial charge in [0, 0.05) is 10.4 Å². The van der Waals surface area contributed by atoms with Crippen LogP contribution in [0.3, 0.4) is 0 Å². The molecule has 1 saturated heterocycles. The molecule has 0 radical (unpaired) electrons. The molecule has 1 atom stereocenters. The fourth-order valence-electron chi connectivity index (χ4n) is 3.28. The second kappa shape index (κ2) is 8.05. The quantitative estimate of drug-likeness (QED) is 0.274. The molecule has 2 aromatic heterocycles. The third-order valence-electron chi connectivity index (χ3n) is 4.74. The monoisotopic (exact) mass is 458 g/mol. The molecule has 1 aliphatic heterocycles. The number of esters is 1. The minimum Gasteiger partial charge on any atom is -0.507 e. The van der Waals surface area contributed by atoms with E-state index in [1.54, 1.807) is 24.4 Å². The number of amides is 1. The Morgan fingerprint density at radius 2 is 1.94 bits per heavy atom. The van der Waals surface area contributed by atoms with E-state index in [2.05, 4.69) is 4.98 Å². The van der Waals surface area contributed by atoms with Crippen molar-refractivity contribution >= 4 is 51.2 Å². The number of rotatable bonds is 4. The number of carbonyl (C=O) groups is 3. The number of ketones is 1. The molecule has 4 rings (SSSR count). The van der Waals surface area contributed by atoms with Crippen LogP contribution in [-0.2, 0) is 14.3 Å². The highest BCUT2D eigenvalue weighted by Gasteiger charge is 2.48. The molecule has 0 bridgehead atoms. The van der Waals surface area contributed by atoms with Crippen LogP contribution >= 0.6 is 22.7 Å². The normalized spacial score (nSPS) is 17.9. The standard InChI is InChI=1S/C21H15FN2O5S2/c1-10-18(20(28)29-2)31-21(23-10)24-15(13-4-3-9-30-13)14(17(26)19(24)27)16(25)11-5-7-12(22)8-6-11/h3-9,15,25H,1-2H3/b16-14+/t15-/m1/s1. The molecule has 0 spiro atoms. The number of hydrogen-bond acceptors (Lipinski definition) is 8. The summed E-state index contributed by atoms with van der Waals surface area (Å²) in [6, 6.07) is 7.50. The van der Waals surface area contributed by atoms with Gasteiger partial charge in [-0.25, -0.2) is 14.2 Å². The molecule has 3 heterocycles. The lowest BCUT2D eigenvalue weighted by Gasteiger charge is -2.21. The molecule has 158 valence electrons. The zero-order chi connectivity index (χ0) is 22.3. The van der Waals surface area contributed by atoms with E-state index < -0.39 is 35.3 Å². The number of methoxy groups -OCH3 is 1. The van der Waals surface area contributed by atoms with E-state index in [1.165, 1.54) is 35.5 Å². The summed E-state index contributed by atoms with van der Waals surface area (Å²) in [7, 11) is 1.24. The lowest BCUT2D eigenvalue weighted by atomic mass is 10.00. The first-order valence-electron chi connectivity index (χ1n) is 8.99. The van der Waals surface area contributed by atoms with E-state index in [0.29, 0.717) is 10.6 Å². The molecule has 1 aromatic carbocycles. The van der Waals surface area contributed by atoms with Crippen LogP contribution in [0.1, 0.15) is 31.8 Å². The number of thiazole rings is 1. The maximum absolute atomic E-state index is 13.3. The van der Waals surface area contributed by atoms with Crippen LogP contribution < -0.4 is 4.90 Å². The zero-order valence-corrected chi connectivity index (χ0v) is 17.9. The van der Waals surface area contributed by atoms with E-state index >= 15 is 0 Å². The van der Waals surface area contributed by atoms with Gasteiger partial charge in [0.15, 0.2) is 5.13 Å². The zero-order valence-electron chi connectivity index (χ0n) is 16.3. The smallest absolute Gasteiger partial charge is 0.350 e. The van der Waals surface area contributed by atoms with E-state index in [1.807, 2.05) is 0 Å². The van der Waals surface area contributed by atoms with Crippen molar-refractivity contribution in [3.63, 3.8) is 0 Å². The van der Waals surface area contributed by atoms with Crippen LogP contribution in [-0.4, -0.2) is 34.9 Å². The van der Waals surface area contributed by atoms with Crippen LogP contribution in [0.25, 0.3) is 5.76 Å². The Morgan fingerprint density at radius 3 is 2.55 bits per heavy atom. The molecule has 10 heteroatoms. The van der Waals surface area contributed by atoms with E-state index in [9.17, 15) is 23.9 Å². The Hall–Kier alpha value is -3.37. The van der Waals surface area contributed by atoms with Crippen molar-refractivity contribution in [1.29, 1.82) is 0 Å². The fraction of sp³-hybridized carbons (Fsp3) is 0.143. The fourth-order valence-corrected chi connectivity index (χ4v) is 5.11. The van der Waals surface area contributed by atoms with Gasteiger partial charge < -0.3 is 9.84 Å². The molecular weight excluding hydrogens is 443 g/mol. The average molecular weight is 458 g/mol. The lowest BCUT2D eigenvalue weighted by Crippen LogP contribution is -2.29. The second-order valence-electron chi connectivity index (χ2n) is 6.59. The van der Waals surface area contributed by atoms with Crippen LogP contribution in [0.15, 0.2) is 47.4 Å². The summed E-state index contributed by atoms with van der Waals surface area (Å²) in [5.74, 6) is -3.29. The van der Waals surface area contributed by atoms with E-state index in [4.69, 9.17) is 4.74 Å². The van der Waals surface area contributed by atoms with Crippen molar-refractivity contribution in [2.75, 3.05) is 12.0 Å². The van der Waals surface area contributed by atoms with Crippen LogP contribution in [0.2, 0.25) is 0 Å². The number of aromatic nitrogens is 1. The number of Topliss-reactive ketones (excluding diaryl/α,β-unsaturated/α-hetero) is 1. The van der Waals surface area contributed by atoms with Gasteiger partial charge in [-0.1, -0.05) is 17.4 Å². The minimum absolute atomic E-state index is 0.133. The highest BCUT2D eigenvalue weighted by molar-refractivity contribution is 7.18. The van der Waals surface area contributed by atoms with Gasteiger partial charge in [0.2, 0.25) is 0 Å². The van der Waals surface area contributed by atoms with Crippen LogP contribution in [0, 0.1) is 12.7 Å². The summed E-state index contributed by atoms with van der Waals surface area (Å²) in [4.78, 5) is 44.3. The van der Waals surface area contributed by atoms with Crippen molar-refractivity contribution in [1.82, 2.24) is 4.98 Å². The average Bonchev–Trinajstić information content (AvgIpc) is 3.47. The molecule has 1 fully saturated rings. The van der Waals surface area contributed by atoms with Crippen molar-refractivity contribution in [2.24, 2.45) is 0 Å². The van der Waals surface area contributed by atoms with E-state index in [0.717, 1.165) is 23.5 Å². The molecule has 0 unspecified atom stereocenters. The number of thiophene rings is 1. The van der Waals surface area contributed by atoms with Gasteiger partial charge in [-0.15, -0.1) is 11.3 Å². The van der Waals surface area contributed by atoms with Gasteiger partial charge in [0.05, 0.1) is 18.4 Å². The Labute approximate surface area is 184 Å². The summed E-state index contributed by atoms with van der Waals surface area (Å²) in [6.45, 7) is 1.60.